The van der Waals surface area contributed by atoms with Crippen LogP contribution >= 0.6 is 9.90 Å². The quantitative estimate of drug-likeness (QED) is 0.239. The molecule has 0 aliphatic rings. The Morgan fingerprint density at radius 3 is 1.60 bits per heavy atom. The van der Waals surface area contributed by atoms with Gasteiger partial charge in [-0.2, -0.15) is 9.90 Å². The first kappa shape index (κ1) is 16.9. The Kier molecular flexibility index (Phi) is 70.2. The maximum atomic E-state index is 7.13. The summed E-state index contributed by atoms with van der Waals surface area (Å²) in [5.41, 5.74) is 0. The second-order valence-electron chi connectivity index (χ2n) is 0.0913. The Morgan fingerprint density at radius 1 is 1.60 bits per heavy atom. The number of thiocyanates is 1. The van der Waals surface area contributed by atoms with Crippen molar-refractivity contribution >= 4 is 22.5 Å². The fourth-order valence-corrected chi connectivity index (χ4v) is 0. The van der Waals surface area contributed by atoms with E-state index in [-0.39, 0.29) is 32.3 Å². The van der Waals surface area contributed by atoms with Crippen LogP contribution in [0.5, 0.6) is 0 Å². The fourth-order valence-electron chi connectivity index (χ4n) is 0. The minimum absolute atomic E-state index is 0. The first-order valence-electron chi connectivity index (χ1n) is 0.428. The van der Waals surface area contributed by atoms with Crippen molar-refractivity contribution in [2.24, 2.45) is 0 Å². The van der Waals surface area contributed by atoms with Crippen LogP contribution in [0.25, 0.3) is 0 Å². The molecule has 0 fully saturated rings. The van der Waals surface area contributed by atoms with Crippen molar-refractivity contribution in [1.82, 2.24) is 0 Å². The summed E-state index contributed by atoms with van der Waals surface area (Å²) in [5.74, 6) is 0. The number of hydrogen-bond donors (Lipinski definition) is 0. The molecule has 1 nitrogen and oxygen atoms in total. The topological polar surface area (TPSA) is 23.8 Å². The smallest absolute Gasteiger partial charge is 0.696 e. The molecule has 1 atom stereocenters. The summed E-state index contributed by atoms with van der Waals surface area (Å²) in [4.78, 5) is 0. The molecule has 0 aromatic carbocycles. The van der Waals surface area contributed by atoms with Crippen molar-refractivity contribution in [2.75, 3.05) is 0 Å². The molecule has 0 saturated heterocycles. The monoisotopic (exact) mass is 199 g/mol. The number of nitriles is 1. The summed E-state index contributed by atoms with van der Waals surface area (Å²) in [6.45, 7) is 0. The van der Waals surface area contributed by atoms with Crippen LogP contribution in [0.1, 0.15) is 0 Å². The van der Waals surface area contributed by atoms with Crippen molar-refractivity contribution in [3.05, 3.63) is 0 Å². The van der Waals surface area contributed by atoms with Crippen LogP contribution in [-0.2, 0) is 35.0 Å². The van der Waals surface area contributed by atoms with E-state index in [1.807, 2.05) is 0 Å². The van der Waals surface area contributed by atoms with Crippen molar-refractivity contribution < 1.29 is 22.4 Å². The molecule has 0 bridgehead atoms. The van der Waals surface area contributed by atoms with Crippen LogP contribution in [0.4, 0.5) is 0 Å². The molecule has 4 heteroatoms. The van der Waals surface area contributed by atoms with Crippen LogP contribution in [0.2, 0.25) is 0 Å². The minimum Gasteiger partial charge on any atom is -0.696 e. The van der Waals surface area contributed by atoms with E-state index in [0.717, 1.165) is 0 Å². The summed E-state index contributed by atoms with van der Waals surface area (Å²) in [5, 5.41) is 8.47. The van der Waals surface area contributed by atoms with Crippen molar-refractivity contribution in [3.8, 4) is 5.40 Å². The SMILES string of the molecule is N#C[S-].P.[Ag+]. The van der Waals surface area contributed by atoms with E-state index in [0.29, 0.717) is 0 Å². The van der Waals surface area contributed by atoms with Crippen molar-refractivity contribution in [2.45, 2.75) is 0 Å². The van der Waals surface area contributed by atoms with E-state index in [1.165, 1.54) is 5.40 Å². The van der Waals surface area contributed by atoms with Crippen molar-refractivity contribution in [3.63, 3.8) is 0 Å². The average Bonchev–Trinajstić information content (AvgIpc) is 0.918. The van der Waals surface area contributed by atoms with Gasteiger partial charge in [-0.15, -0.1) is 0 Å². The molecular formula is CH3AgNPS. The maximum absolute atomic E-state index is 7.13. The molecule has 0 aromatic heterocycles. The molecular weight excluding hydrogens is 197 g/mol. The van der Waals surface area contributed by atoms with Gasteiger partial charge in [-0.25, -0.2) is 5.26 Å². The van der Waals surface area contributed by atoms with E-state index in [1.54, 1.807) is 0 Å². The maximum Gasteiger partial charge on any atom is 1.00 e. The van der Waals surface area contributed by atoms with Crippen LogP contribution in [0.15, 0.2) is 0 Å². The van der Waals surface area contributed by atoms with Gasteiger partial charge in [0.1, 0.15) is 0 Å². The van der Waals surface area contributed by atoms with E-state index >= 15 is 0 Å². The summed E-state index contributed by atoms with van der Waals surface area (Å²) in [6, 6.07) is 0. The first-order valence-corrected chi connectivity index (χ1v) is 0.836. The number of nitrogens with zero attached hydrogens (tertiary/aromatic N) is 1. The first-order chi connectivity index (χ1) is 1.41. The average molecular weight is 200 g/mol. The van der Waals surface area contributed by atoms with Gasteiger partial charge >= 0.3 is 22.4 Å². The molecule has 0 aromatic rings. The molecule has 0 saturated carbocycles. The molecule has 0 radical (unpaired) electrons. The molecule has 0 spiro atoms. The third-order valence-corrected chi connectivity index (χ3v) is 0. The molecule has 1 unspecified atom stereocenters. The second kappa shape index (κ2) is 20.8. The zero-order chi connectivity index (χ0) is 2.71. The molecule has 34 valence electrons. The molecule has 0 heterocycles. The molecule has 0 aliphatic heterocycles. The molecule has 0 amide bonds. The Bertz CT molecular complexity index is 33.1. The molecule has 5 heavy (non-hydrogen) atoms. The van der Waals surface area contributed by atoms with E-state index in [4.69, 9.17) is 5.26 Å². The van der Waals surface area contributed by atoms with Gasteiger partial charge in [0, 0.05) is 0 Å². The van der Waals surface area contributed by atoms with Gasteiger partial charge < -0.3 is 12.6 Å². The van der Waals surface area contributed by atoms with Gasteiger partial charge in [0.05, 0.1) is 0 Å². The van der Waals surface area contributed by atoms with Gasteiger partial charge in [0.15, 0.2) is 0 Å². The third kappa shape index (κ3) is 52.2. The van der Waals surface area contributed by atoms with Crippen LogP contribution in [0.3, 0.4) is 0 Å². The normalized spacial score (nSPS) is 1.40. The standard InChI is InChI=1S/CHNS.Ag.H3P/c2-1-3;;/h3H;;1H3/q;+1;/p-1. The van der Waals surface area contributed by atoms with Gasteiger partial charge in [-0.05, 0) is 0 Å². The van der Waals surface area contributed by atoms with E-state index < -0.39 is 0 Å². The minimum atomic E-state index is 0. The number of hydrogen-bond acceptors (Lipinski definition) is 2. The fraction of sp³-hybridized carbons (Fsp3) is 0. The predicted molar refractivity (Wildman–Crippen MR) is 24.1 cm³/mol. The second-order valence-corrected chi connectivity index (χ2v) is 0.274. The summed E-state index contributed by atoms with van der Waals surface area (Å²) in [7, 11) is 0. The van der Waals surface area contributed by atoms with Gasteiger partial charge in [-0.1, -0.05) is 5.40 Å². The number of rotatable bonds is 0. The predicted octanol–water partition coefficient (Wildman–Crippen LogP) is 0.0700. The van der Waals surface area contributed by atoms with Gasteiger partial charge in [0.2, 0.25) is 0 Å². The Morgan fingerprint density at radius 2 is 1.60 bits per heavy atom. The van der Waals surface area contributed by atoms with Gasteiger partial charge in [0.25, 0.3) is 0 Å². The van der Waals surface area contributed by atoms with E-state index in [9.17, 15) is 0 Å². The summed E-state index contributed by atoms with van der Waals surface area (Å²) >= 11 is 3.70. The zero-order valence-electron chi connectivity index (χ0n) is 2.36. The summed E-state index contributed by atoms with van der Waals surface area (Å²) in [6.07, 6.45) is 0. The Labute approximate surface area is 55.7 Å². The largest absolute Gasteiger partial charge is 1.00 e. The van der Waals surface area contributed by atoms with Crippen LogP contribution in [0, 0.1) is 10.7 Å². The van der Waals surface area contributed by atoms with E-state index in [2.05, 4.69) is 12.6 Å². The zero-order valence-corrected chi connectivity index (χ0v) is 6.08. The van der Waals surface area contributed by atoms with Gasteiger partial charge in [-0.3, -0.25) is 0 Å². The van der Waals surface area contributed by atoms with Crippen LogP contribution in [-0.4, -0.2) is 0 Å². The Balaban J connectivity index is -0.0000000200. The molecule has 0 aliphatic carbocycles. The summed E-state index contributed by atoms with van der Waals surface area (Å²) < 4.78 is 0. The van der Waals surface area contributed by atoms with Crippen molar-refractivity contribution in [1.29, 1.82) is 5.26 Å². The third-order valence-electron chi connectivity index (χ3n) is 0. The Hall–Kier alpha value is 0.880. The molecule has 0 N–H and O–H groups in total. The van der Waals surface area contributed by atoms with Crippen LogP contribution < -0.4 is 0 Å². The molecule has 0 rings (SSSR count).